The SMILES string of the molecule is CS(=O)(=O)N(Cc1ccccc1Cl)c1ccc(OCC(=O)Nc2ccccc2Cl)cc1. The second kappa shape index (κ2) is 10.0. The van der Waals surface area contributed by atoms with Gasteiger partial charge in [0.25, 0.3) is 5.91 Å². The zero-order valence-corrected chi connectivity index (χ0v) is 18.9. The minimum absolute atomic E-state index is 0.0962. The lowest BCUT2D eigenvalue weighted by Crippen LogP contribution is -2.29. The van der Waals surface area contributed by atoms with Crippen molar-refractivity contribution in [1.82, 2.24) is 0 Å². The normalized spacial score (nSPS) is 11.1. The minimum atomic E-state index is -3.55. The summed E-state index contributed by atoms with van der Waals surface area (Å²) in [5.41, 5.74) is 1.64. The van der Waals surface area contributed by atoms with Gasteiger partial charge in [-0.1, -0.05) is 53.5 Å². The van der Waals surface area contributed by atoms with Crippen molar-refractivity contribution in [3.63, 3.8) is 0 Å². The number of carbonyl (C=O) groups excluding carboxylic acids is 1. The van der Waals surface area contributed by atoms with Crippen LogP contribution in [0.3, 0.4) is 0 Å². The molecule has 0 saturated heterocycles. The van der Waals surface area contributed by atoms with Gasteiger partial charge in [0.05, 0.1) is 29.2 Å². The summed E-state index contributed by atoms with van der Waals surface area (Å²) in [5.74, 6) is 0.0536. The molecule has 0 atom stereocenters. The average Bonchev–Trinajstić information content (AvgIpc) is 2.73. The number of anilines is 2. The van der Waals surface area contributed by atoms with Crippen LogP contribution in [0.15, 0.2) is 72.8 Å². The van der Waals surface area contributed by atoms with E-state index in [1.54, 1.807) is 72.8 Å². The third-order valence-electron chi connectivity index (χ3n) is 4.31. The number of nitrogens with one attached hydrogen (secondary N) is 1. The van der Waals surface area contributed by atoms with Gasteiger partial charge in [-0.25, -0.2) is 8.42 Å². The summed E-state index contributed by atoms with van der Waals surface area (Å²) in [6.45, 7) is -0.126. The van der Waals surface area contributed by atoms with E-state index in [1.807, 2.05) is 0 Å². The highest BCUT2D eigenvalue weighted by Gasteiger charge is 2.19. The summed E-state index contributed by atoms with van der Waals surface area (Å²) >= 11 is 12.2. The van der Waals surface area contributed by atoms with E-state index in [2.05, 4.69) is 5.32 Å². The van der Waals surface area contributed by atoms with Gasteiger partial charge in [0.1, 0.15) is 5.75 Å². The molecule has 0 bridgehead atoms. The van der Waals surface area contributed by atoms with Gasteiger partial charge in [0, 0.05) is 5.02 Å². The van der Waals surface area contributed by atoms with Crippen molar-refractivity contribution in [3.05, 3.63) is 88.4 Å². The van der Waals surface area contributed by atoms with Crippen molar-refractivity contribution in [2.75, 3.05) is 22.5 Å². The van der Waals surface area contributed by atoms with E-state index in [-0.39, 0.29) is 19.1 Å². The number of para-hydroxylation sites is 1. The smallest absolute Gasteiger partial charge is 0.262 e. The molecule has 0 aromatic heterocycles. The van der Waals surface area contributed by atoms with Crippen LogP contribution in [0.1, 0.15) is 5.56 Å². The molecule has 0 heterocycles. The molecular weight excluding hydrogens is 459 g/mol. The molecule has 0 aliphatic carbocycles. The standard InChI is InChI=1S/C22H20Cl2N2O4S/c1-31(28,29)26(14-16-6-2-3-7-19(16)23)17-10-12-18(13-11-17)30-15-22(27)25-21-9-5-4-8-20(21)24/h2-13H,14-15H2,1H3,(H,25,27). The summed E-state index contributed by atoms with van der Waals surface area (Å²) in [4.78, 5) is 12.1. The van der Waals surface area contributed by atoms with Crippen molar-refractivity contribution in [2.24, 2.45) is 0 Å². The lowest BCUT2D eigenvalue weighted by molar-refractivity contribution is -0.118. The van der Waals surface area contributed by atoms with Gasteiger partial charge in [0.2, 0.25) is 10.0 Å². The Balaban J connectivity index is 1.66. The number of ether oxygens (including phenoxy) is 1. The van der Waals surface area contributed by atoms with E-state index < -0.39 is 10.0 Å². The number of carbonyl (C=O) groups is 1. The number of halogens is 2. The number of hydrogen-bond donors (Lipinski definition) is 1. The summed E-state index contributed by atoms with van der Waals surface area (Å²) in [7, 11) is -3.55. The first-order valence-corrected chi connectivity index (χ1v) is 11.8. The lowest BCUT2D eigenvalue weighted by atomic mass is 10.2. The van der Waals surface area contributed by atoms with Crippen LogP contribution in [-0.4, -0.2) is 27.2 Å². The second-order valence-corrected chi connectivity index (χ2v) is 9.39. The van der Waals surface area contributed by atoms with Crippen LogP contribution in [0.2, 0.25) is 10.0 Å². The molecule has 0 aliphatic heterocycles. The Bertz CT molecular complexity index is 1170. The molecule has 3 aromatic rings. The van der Waals surface area contributed by atoms with Crippen LogP contribution in [0, 0.1) is 0 Å². The molecule has 1 N–H and O–H groups in total. The first-order chi connectivity index (χ1) is 14.7. The zero-order chi connectivity index (χ0) is 22.4. The highest BCUT2D eigenvalue weighted by atomic mass is 35.5. The fourth-order valence-electron chi connectivity index (χ4n) is 2.79. The van der Waals surface area contributed by atoms with Gasteiger partial charge in [-0.15, -0.1) is 0 Å². The van der Waals surface area contributed by atoms with Gasteiger partial charge < -0.3 is 10.1 Å². The Morgan fingerprint density at radius 2 is 1.55 bits per heavy atom. The van der Waals surface area contributed by atoms with Gasteiger partial charge in [-0.3, -0.25) is 9.10 Å². The van der Waals surface area contributed by atoms with E-state index in [1.165, 1.54) is 4.31 Å². The van der Waals surface area contributed by atoms with Gasteiger partial charge >= 0.3 is 0 Å². The van der Waals surface area contributed by atoms with Crippen molar-refractivity contribution >= 4 is 50.5 Å². The number of benzene rings is 3. The van der Waals surface area contributed by atoms with Crippen LogP contribution in [0.4, 0.5) is 11.4 Å². The van der Waals surface area contributed by atoms with Gasteiger partial charge in [0.15, 0.2) is 6.61 Å². The molecule has 0 unspecified atom stereocenters. The average molecular weight is 479 g/mol. The highest BCUT2D eigenvalue weighted by molar-refractivity contribution is 7.92. The van der Waals surface area contributed by atoms with E-state index in [0.29, 0.717) is 32.7 Å². The molecule has 9 heteroatoms. The number of nitrogens with zero attached hydrogens (tertiary/aromatic N) is 1. The Kier molecular flexibility index (Phi) is 7.43. The molecule has 162 valence electrons. The lowest BCUT2D eigenvalue weighted by Gasteiger charge is -2.23. The fraction of sp³-hybridized carbons (Fsp3) is 0.136. The van der Waals surface area contributed by atoms with Crippen molar-refractivity contribution in [1.29, 1.82) is 0 Å². The summed E-state index contributed by atoms with van der Waals surface area (Å²) in [5, 5.41) is 3.58. The second-order valence-electron chi connectivity index (χ2n) is 6.67. The number of hydrogen-bond acceptors (Lipinski definition) is 4. The van der Waals surface area contributed by atoms with Crippen molar-refractivity contribution in [2.45, 2.75) is 6.54 Å². The first-order valence-electron chi connectivity index (χ1n) is 9.22. The fourth-order valence-corrected chi connectivity index (χ4v) is 4.04. The maximum atomic E-state index is 12.3. The molecule has 3 rings (SSSR count). The Morgan fingerprint density at radius 3 is 2.16 bits per heavy atom. The van der Waals surface area contributed by atoms with Crippen LogP contribution < -0.4 is 14.4 Å². The molecule has 0 aliphatic rings. The first kappa shape index (κ1) is 22.9. The number of amides is 1. The van der Waals surface area contributed by atoms with Crippen molar-refractivity contribution < 1.29 is 17.9 Å². The van der Waals surface area contributed by atoms with E-state index >= 15 is 0 Å². The summed E-state index contributed by atoms with van der Waals surface area (Å²) in [6, 6.07) is 20.4. The highest BCUT2D eigenvalue weighted by Crippen LogP contribution is 2.26. The molecule has 0 saturated carbocycles. The molecular formula is C22H20Cl2N2O4S. The summed E-state index contributed by atoms with van der Waals surface area (Å²) in [6.07, 6.45) is 1.13. The Hall–Kier alpha value is -2.74. The number of rotatable bonds is 8. The van der Waals surface area contributed by atoms with Gasteiger partial charge in [-0.05, 0) is 48.0 Å². The zero-order valence-electron chi connectivity index (χ0n) is 16.6. The quantitative estimate of drug-likeness (QED) is 0.495. The third-order valence-corrected chi connectivity index (χ3v) is 6.15. The largest absolute Gasteiger partial charge is 0.484 e. The van der Waals surface area contributed by atoms with Crippen LogP contribution in [0.5, 0.6) is 5.75 Å². The minimum Gasteiger partial charge on any atom is -0.484 e. The molecule has 1 amide bonds. The van der Waals surface area contributed by atoms with Gasteiger partial charge in [-0.2, -0.15) is 0 Å². The molecule has 3 aromatic carbocycles. The van der Waals surface area contributed by atoms with Crippen LogP contribution in [-0.2, 0) is 21.4 Å². The van der Waals surface area contributed by atoms with E-state index in [9.17, 15) is 13.2 Å². The summed E-state index contributed by atoms with van der Waals surface area (Å²) < 4.78 is 31.4. The predicted molar refractivity (Wildman–Crippen MR) is 124 cm³/mol. The maximum absolute atomic E-state index is 12.3. The molecule has 0 spiro atoms. The van der Waals surface area contributed by atoms with Crippen molar-refractivity contribution in [3.8, 4) is 5.75 Å². The Labute approximate surface area is 191 Å². The monoisotopic (exact) mass is 478 g/mol. The van der Waals surface area contributed by atoms with E-state index in [4.69, 9.17) is 27.9 Å². The topological polar surface area (TPSA) is 75.7 Å². The Morgan fingerprint density at radius 1 is 0.935 bits per heavy atom. The maximum Gasteiger partial charge on any atom is 0.262 e. The predicted octanol–water partition coefficient (Wildman–Crippen LogP) is 4.98. The number of sulfonamides is 1. The molecule has 31 heavy (non-hydrogen) atoms. The third kappa shape index (κ3) is 6.37. The molecule has 6 nitrogen and oxygen atoms in total. The van der Waals surface area contributed by atoms with E-state index in [0.717, 1.165) is 6.26 Å². The molecule has 0 radical (unpaired) electrons. The van der Waals surface area contributed by atoms with Crippen LogP contribution in [0.25, 0.3) is 0 Å². The van der Waals surface area contributed by atoms with Crippen LogP contribution >= 0.6 is 23.2 Å². The molecule has 0 fully saturated rings.